The van der Waals surface area contributed by atoms with Crippen molar-refractivity contribution in [3.8, 4) is 28.8 Å². The van der Waals surface area contributed by atoms with Gasteiger partial charge in [0.25, 0.3) is 5.91 Å². The van der Waals surface area contributed by atoms with Crippen LogP contribution in [0.3, 0.4) is 0 Å². The molecule has 1 aromatic heterocycles. The average molecular weight is 438 g/mol. The van der Waals surface area contributed by atoms with Gasteiger partial charge in [0.1, 0.15) is 19.0 Å². The molecule has 30 heavy (non-hydrogen) atoms. The first-order valence-electron chi connectivity index (χ1n) is 9.00. The number of fused-ring (bicyclic) bond motifs is 2. The molecule has 2 aliphatic heterocycles. The SMILES string of the molecule is O=C1N=c2cc3c(cc2=C/C1=C\c1sc(=S)n(-c2ccc(O)cc2)c1O)OCCO3. The van der Waals surface area contributed by atoms with Gasteiger partial charge in [0.2, 0.25) is 5.88 Å². The Morgan fingerprint density at radius 1 is 1.10 bits per heavy atom. The minimum Gasteiger partial charge on any atom is -0.508 e. The Morgan fingerprint density at radius 2 is 1.80 bits per heavy atom. The second-order valence-electron chi connectivity index (χ2n) is 6.62. The standard InChI is InChI=1S/C21H14N2O5S2/c24-14-3-1-13(2-4-14)23-20(26)18(30-21(23)29)9-12-7-11-8-16-17(28-6-5-27-16)10-15(11)22-19(12)25/h1-4,7-10,24,26H,5-6H2/b12-9+. The number of benzene rings is 2. The minimum atomic E-state index is -0.422. The van der Waals surface area contributed by atoms with E-state index in [4.69, 9.17) is 21.7 Å². The molecular weight excluding hydrogens is 424 g/mol. The van der Waals surface area contributed by atoms with Gasteiger partial charge >= 0.3 is 0 Å². The molecule has 0 radical (unpaired) electrons. The van der Waals surface area contributed by atoms with Crippen LogP contribution in [0.15, 0.2) is 47.0 Å². The minimum absolute atomic E-state index is 0.0858. The molecule has 0 unspecified atom stereocenters. The highest BCUT2D eigenvalue weighted by Crippen LogP contribution is 2.32. The van der Waals surface area contributed by atoms with Crippen LogP contribution in [0.2, 0.25) is 0 Å². The molecule has 5 rings (SSSR count). The summed E-state index contributed by atoms with van der Waals surface area (Å²) < 4.78 is 13.0. The van der Waals surface area contributed by atoms with E-state index in [-0.39, 0.29) is 11.6 Å². The van der Waals surface area contributed by atoms with Crippen molar-refractivity contribution in [3.05, 3.63) is 61.4 Å². The third kappa shape index (κ3) is 3.17. The molecule has 0 saturated carbocycles. The van der Waals surface area contributed by atoms with Crippen molar-refractivity contribution in [1.82, 2.24) is 4.57 Å². The number of aromatic hydroxyl groups is 2. The third-order valence-electron chi connectivity index (χ3n) is 4.68. The summed E-state index contributed by atoms with van der Waals surface area (Å²) in [5.74, 6) is 0.782. The van der Waals surface area contributed by atoms with E-state index in [1.54, 1.807) is 36.4 Å². The summed E-state index contributed by atoms with van der Waals surface area (Å²) in [5, 5.41) is 21.4. The number of hydrogen-bond acceptors (Lipinski definition) is 7. The maximum Gasteiger partial charge on any atom is 0.277 e. The lowest BCUT2D eigenvalue weighted by molar-refractivity contribution is -0.114. The highest BCUT2D eigenvalue weighted by atomic mass is 32.1. The van der Waals surface area contributed by atoms with Crippen LogP contribution >= 0.6 is 23.6 Å². The molecule has 0 atom stereocenters. The van der Waals surface area contributed by atoms with Gasteiger partial charge in [-0.05, 0) is 54.7 Å². The second-order valence-corrected chi connectivity index (χ2v) is 8.30. The first kappa shape index (κ1) is 18.6. The van der Waals surface area contributed by atoms with Crippen LogP contribution in [0.5, 0.6) is 23.1 Å². The molecule has 0 spiro atoms. The first-order valence-corrected chi connectivity index (χ1v) is 10.2. The molecule has 3 aromatic rings. The van der Waals surface area contributed by atoms with Crippen molar-refractivity contribution in [2.45, 2.75) is 0 Å². The molecule has 2 N–H and O–H groups in total. The van der Waals surface area contributed by atoms with Gasteiger partial charge in [-0.15, -0.1) is 11.3 Å². The normalized spacial score (nSPS) is 16.0. The Bertz CT molecular complexity index is 1400. The number of carbonyl (C=O) groups excluding carboxylic acids is 1. The monoisotopic (exact) mass is 438 g/mol. The molecule has 0 saturated heterocycles. The molecule has 2 aliphatic rings. The van der Waals surface area contributed by atoms with Crippen molar-refractivity contribution >= 4 is 41.6 Å². The fourth-order valence-electron chi connectivity index (χ4n) is 3.26. The Balaban J connectivity index is 1.60. The molecule has 2 aromatic carbocycles. The van der Waals surface area contributed by atoms with Crippen LogP contribution in [-0.2, 0) is 4.79 Å². The van der Waals surface area contributed by atoms with E-state index in [1.165, 1.54) is 28.0 Å². The van der Waals surface area contributed by atoms with Crippen LogP contribution in [0.4, 0.5) is 0 Å². The van der Waals surface area contributed by atoms with E-state index < -0.39 is 5.91 Å². The summed E-state index contributed by atoms with van der Waals surface area (Å²) in [7, 11) is 0. The predicted molar refractivity (Wildman–Crippen MR) is 113 cm³/mol. The molecule has 0 fully saturated rings. The highest BCUT2D eigenvalue weighted by molar-refractivity contribution is 7.73. The second kappa shape index (κ2) is 7.12. The fourth-order valence-corrected chi connectivity index (χ4v) is 4.56. The summed E-state index contributed by atoms with van der Waals surface area (Å²) >= 11 is 6.55. The van der Waals surface area contributed by atoms with E-state index in [2.05, 4.69) is 4.99 Å². The zero-order valence-corrected chi connectivity index (χ0v) is 17.0. The lowest BCUT2D eigenvalue weighted by atomic mass is 10.1. The molecule has 9 heteroatoms. The molecule has 0 aliphatic carbocycles. The summed E-state index contributed by atoms with van der Waals surface area (Å²) in [5.41, 5.74) is 0.928. The Morgan fingerprint density at radius 3 is 2.53 bits per heavy atom. The smallest absolute Gasteiger partial charge is 0.277 e. The van der Waals surface area contributed by atoms with Crippen LogP contribution in [0.1, 0.15) is 4.88 Å². The van der Waals surface area contributed by atoms with Gasteiger partial charge < -0.3 is 19.7 Å². The number of amides is 1. The summed E-state index contributed by atoms with van der Waals surface area (Å²) in [6.07, 6.45) is 3.27. The van der Waals surface area contributed by atoms with E-state index in [9.17, 15) is 15.0 Å². The maximum absolute atomic E-state index is 12.6. The summed E-state index contributed by atoms with van der Waals surface area (Å²) in [6.45, 7) is 0.920. The van der Waals surface area contributed by atoms with Crippen molar-refractivity contribution in [2.75, 3.05) is 13.2 Å². The summed E-state index contributed by atoms with van der Waals surface area (Å²) in [4.78, 5) is 17.1. The number of rotatable bonds is 2. The third-order valence-corrected chi connectivity index (χ3v) is 5.99. The van der Waals surface area contributed by atoms with E-state index in [0.29, 0.717) is 50.2 Å². The average Bonchev–Trinajstić information content (AvgIpc) is 3.01. The van der Waals surface area contributed by atoms with Gasteiger partial charge in [-0.25, -0.2) is 4.99 Å². The van der Waals surface area contributed by atoms with Gasteiger partial charge in [0.15, 0.2) is 15.5 Å². The maximum atomic E-state index is 12.6. The van der Waals surface area contributed by atoms with Gasteiger partial charge in [-0.3, -0.25) is 9.36 Å². The lowest BCUT2D eigenvalue weighted by Crippen LogP contribution is -2.32. The van der Waals surface area contributed by atoms with Crippen LogP contribution < -0.4 is 20.0 Å². The molecule has 0 bridgehead atoms. The Kier molecular flexibility index (Phi) is 4.41. The number of carbonyl (C=O) groups is 1. The zero-order valence-electron chi connectivity index (χ0n) is 15.4. The lowest BCUT2D eigenvalue weighted by Gasteiger charge is -2.18. The van der Waals surface area contributed by atoms with Crippen molar-refractivity contribution in [1.29, 1.82) is 0 Å². The van der Waals surface area contributed by atoms with E-state index >= 15 is 0 Å². The van der Waals surface area contributed by atoms with E-state index in [0.717, 1.165) is 5.22 Å². The summed E-state index contributed by atoms with van der Waals surface area (Å²) in [6, 6.07) is 9.78. The van der Waals surface area contributed by atoms with Crippen molar-refractivity contribution < 1.29 is 24.5 Å². The largest absolute Gasteiger partial charge is 0.508 e. The van der Waals surface area contributed by atoms with Crippen LogP contribution in [0, 0.1) is 3.95 Å². The van der Waals surface area contributed by atoms with Crippen molar-refractivity contribution in [2.24, 2.45) is 4.99 Å². The van der Waals surface area contributed by atoms with Gasteiger partial charge in [0, 0.05) is 16.9 Å². The van der Waals surface area contributed by atoms with Crippen molar-refractivity contribution in [3.63, 3.8) is 0 Å². The quantitative estimate of drug-likeness (QED) is 0.472. The van der Waals surface area contributed by atoms with Gasteiger partial charge in [-0.2, -0.15) is 0 Å². The molecule has 150 valence electrons. The topological polar surface area (TPSA) is 93.3 Å². The zero-order chi connectivity index (χ0) is 20.8. The molecular formula is C21H14N2O5S2. The van der Waals surface area contributed by atoms with E-state index in [1.807, 2.05) is 0 Å². The molecule has 1 amide bonds. The number of thiazole rings is 1. The Hall–Kier alpha value is -3.43. The Labute approximate surface area is 179 Å². The number of hydrogen-bond donors (Lipinski definition) is 2. The fraction of sp³-hybridized carbons (Fsp3) is 0.0952. The van der Waals surface area contributed by atoms with Crippen LogP contribution in [-0.4, -0.2) is 33.9 Å². The molecule has 7 nitrogen and oxygen atoms in total. The number of nitrogens with zero attached hydrogens (tertiary/aromatic N) is 2. The number of aromatic nitrogens is 1. The highest BCUT2D eigenvalue weighted by Gasteiger charge is 2.18. The first-order chi connectivity index (χ1) is 14.5. The molecule has 3 heterocycles. The predicted octanol–water partition coefficient (Wildman–Crippen LogP) is 2.47. The van der Waals surface area contributed by atoms with Crippen LogP contribution in [0.25, 0.3) is 17.8 Å². The number of phenols is 1. The number of ether oxygens (including phenoxy) is 2. The number of phenolic OH excluding ortho intramolecular Hbond substituents is 1. The van der Waals surface area contributed by atoms with Gasteiger partial charge in [-0.1, -0.05) is 0 Å². The van der Waals surface area contributed by atoms with Gasteiger partial charge in [0.05, 0.1) is 15.9 Å².